The summed E-state index contributed by atoms with van der Waals surface area (Å²) in [5.41, 5.74) is 8.71. The number of halogens is 4. The van der Waals surface area contributed by atoms with Crippen LogP contribution in [0.15, 0.2) is 34.1 Å². The van der Waals surface area contributed by atoms with Gasteiger partial charge in [0.1, 0.15) is 29.9 Å². The monoisotopic (exact) mass is 579 g/mol. The molecular weight excluding hydrogens is 546 g/mol. The molecule has 4 heterocycles. The number of hydrogen-bond donors (Lipinski definition) is 5. The van der Waals surface area contributed by atoms with Crippen molar-refractivity contribution in [3.8, 4) is 0 Å². The summed E-state index contributed by atoms with van der Waals surface area (Å²) in [7, 11) is 0. The van der Waals surface area contributed by atoms with Gasteiger partial charge in [-0.3, -0.25) is 9.13 Å². The van der Waals surface area contributed by atoms with Gasteiger partial charge in [0.2, 0.25) is 12.5 Å². The summed E-state index contributed by atoms with van der Waals surface area (Å²) in [6.45, 7) is 4.33. The number of hydrogen-bond acceptors (Lipinski definition) is 11. The van der Waals surface area contributed by atoms with Crippen molar-refractivity contribution in [3.63, 3.8) is 0 Å². The molecule has 0 aromatic carbocycles. The first kappa shape index (κ1) is 31.4. The lowest BCUT2D eigenvalue weighted by molar-refractivity contribution is -0.140. The highest BCUT2D eigenvalue weighted by Crippen LogP contribution is 2.43. The van der Waals surface area contributed by atoms with Gasteiger partial charge in [0.05, 0.1) is 6.10 Å². The highest BCUT2D eigenvalue weighted by molar-refractivity contribution is 5.24. The fourth-order valence-electron chi connectivity index (χ4n) is 4.19. The maximum atomic E-state index is 14.2. The molecule has 2 fully saturated rings. The van der Waals surface area contributed by atoms with E-state index in [-0.39, 0.29) is 24.6 Å². The first-order valence-electron chi connectivity index (χ1n) is 12.6. The Bertz CT molecular complexity index is 1260. The van der Waals surface area contributed by atoms with Crippen molar-refractivity contribution < 1.29 is 37.2 Å². The zero-order valence-electron chi connectivity index (χ0n) is 21.8. The summed E-state index contributed by atoms with van der Waals surface area (Å²) in [6.07, 6.45) is -5.61. The van der Waals surface area contributed by atoms with E-state index in [1.807, 2.05) is 6.92 Å². The molecule has 2 aromatic heterocycles. The lowest BCUT2D eigenvalue weighted by Crippen LogP contribution is -2.43. The molecule has 17 heteroatoms. The summed E-state index contributed by atoms with van der Waals surface area (Å²) in [5.74, 6) is -7.29. The Labute approximate surface area is 225 Å². The Morgan fingerprint density at radius 3 is 1.75 bits per heavy atom. The molecular formula is C23H33F4N7O6. The predicted octanol–water partition coefficient (Wildman–Crippen LogP) is 0.238. The molecule has 224 valence electrons. The average molecular weight is 580 g/mol. The van der Waals surface area contributed by atoms with Crippen molar-refractivity contribution in [2.75, 3.05) is 24.6 Å². The maximum Gasteiger partial charge on any atom is 0.351 e. The molecule has 2 saturated heterocycles. The molecule has 0 unspecified atom stereocenters. The molecule has 0 bridgehead atoms. The highest BCUT2D eigenvalue weighted by Gasteiger charge is 2.60. The van der Waals surface area contributed by atoms with Crippen LogP contribution in [0.3, 0.4) is 0 Å². The minimum absolute atomic E-state index is 0.0647. The molecule has 2 aliphatic rings. The normalized spacial score (nSPS) is 28.7. The second kappa shape index (κ2) is 12.6. The van der Waals surface area contributed by atoms with Crippen LogP contribution >= 0.6 is 0 Å². The molecule has 2 aliphatic heterocycles. The highest BCUT2D eigenvalue weighted by atomic mass is 19.3. The van der Waals surface area contributed by atoms with Crippen LogP contribution in [-0.2, 0) is 9.47 Å². The van der Waals surface area contributed by atoms with Gasteiger partial charge in [-0.1, -0.05) is 20.3 Å². The van der Waals surface area contributed by atoms with Crippen LogP contribution in [-0.4, -0.2) is 78.7 Å². The van der Waals surface area contributed by atoms with E-state index in [9.17, 15) is 37.4 Å². The van der Waals surface area contributed by atoms with Crippen LogP contribution in [0.5, 0.6) is 0 Å². The van der Waals surface area contributed by atoms with Gasteiger partial charge in [0.15, 0.2) is 0 Å². The van der Waals surface area contributed by atoms with Crippen LogP contribution in [0, 0.1) is 0 Å². The quantitative estimate of drug-likeness (QED) is 0.212. The second-order valence-electron chi connectivity index (χ2n) is 9.34. The zero-order chi connectivity index (χ0) is 29.8. The molecule has 6 atom stereocenters. The number of aromatic nitrogens is 4. The van der Waals surface area contributed by atoms with Gasteiger partial charge in [-0.25, -0.2) is 9.59 Å². The summed E-state index contributed by atoms with van der Waals surface area (Å²) >= 11 is 0. The molecule has 0 aliphatic carbocycles. The molecule has 13 nitrogen and oxygen atoms in total. The lowest BCUT2D eigenvalue weighted by Gasteiger charge is -2.20. The number of nitrogens with one attached hydrogen (secondary N) is 1. The minimum Gasteiger partial charge on any atom is -0.384 e. The van der Waals surface area contributed by atoms with E-state index < -0.39 is 60.1 Å². The van der Waals surface area contributed by atoms with Gasteiger partial charge in [-0.15, -0.1) is 0 Å². The van der Waals surface area contributed by atoms with E-state index >= 15 is 0 Å². The van der Waals surface area contributed by atoms with Crippen molar-refractivity contribution in [2.24, 2.45) is 0 Å². The molecule has 0 saturated carbocycles. The first-order valence-corrected chi connectivity index (χ1v) is 12.6. The van der Waals surface area contributed by atoms with Gasteiger partial charge in [-0.2, -0.15) is 27.5 Å². The number of ether oxygens (including phenoxy) is 2. The number of alkyl halides is 4. The maximum absolute atomic E-state index is 14.2. The summed E-state index contributed by atoms with van der Waals surface area (Å²) < 4.78 is 67.5. The first-order chi connectivity index (χ1) is 18.7. The minimum atomic E-state index is -3.60. The number of aliphatic hydroxyl groups excluding tert-OH is 2. The summed E-state index contributed by atoms with van der Waals surface area (Å²) in [6, 6.07) is 2.44. The van der Waals surface area contributed by atoms with Gasteiger partial charge < -0.3 is 36.5 Å². The largest absolute Gasteiger partial charge is 0.384 e. The number of nitrogens with two attached hydrogens (primary N) is 2. The molecule has 0 radical (unpaired) electrons. The van der Waals surface area contributed by atoms with Gasteiger partial charge in [-0.05, 0) is 31.5 Å². The third kappa shape index (κ3) is 6.43. The molecule has 7 N–H and O–H groups in total. The molecule has 40 heavy (non-hydrogen) atoms. The molecule has 0 spiro atoms. The van der Waals surface area contributed by atoms with Gasteiger partial charge in [0.25, 0.3) is 0 Å². The van der Waals surface area contributed by atoms with Crippen LogP contribution in [0.1, 0.15) is 45.6 Å². The third-order valence-corrected chi connectivity index (χ3v) is 6.42. The number of unbranched alkanes of at least 4 members (excludes halogenated alkanes) is 1. The number of aliphatic hydroxyl groups is 2. The van der Waals surface area contributed by atoms with E-state index in [2.05, 4.69) is 15.3 Å². The Kier molecular flexibility index (Phi) is 9.89. The average Bonchev–Trinajstić information content (AvgIpc) is 3.25. The Hall–Kier alpha value is -3.12. The van der Waals surface area contributed by atoms with Crippen molar-refractivity contribution in [2.45, 2.75) is 81.8 Å². The Morgan fingerprint density at radius 1 is 0.900 bits per heavy atom. The number of rotatable bonds is 8. The van der Waals surface area contributed by atoms with Gasteiger partial charge in [0, 0.05) is 18.9 Å². The number of nitrogens with zero attached hydrogens (tertiary/aromatic N) is 4. The zero-order valence-corrected chi connectivity index (χ0v) is 21.8. The fraction of sp³-hybridized carbons (Fsp3) is 0.652. The van der Waals surface area contributed by atoms with E-state index in [0.717, 1.165) is 25.2 Å². The summed E-state index contributed by atoms with van der Waals surface area (Å²) in [4.78, 5) is 29.9. The van der Waals surface area contributed by atoms with Crippen molar-refractivity contribution >= 4 is 11.6 Å². The van der Waals surface area contributed by atoms with Crippen LogP contribution in [0.4, 0.5) is 29.2 Å². The van der Waals surface area contributed by atoms with Crippen molar-refractivity contribution in [3.05, 3.63) is 45.5 Å². The predicted molar refractivity (Wildman–Crippen MR) is 134 cm³/mol. The topological polar surface area (TPSA) is 193 Å². The van der Waals surface area contributed by atoms with Crippen LogP contribution in [0.2, 0.25) is 0 Å². The van der Waals surface area contributed by atoms with Crippen LogP contribution < -0.4 is 28.2 Å². The Morgan fingerprint density at radius 2 is 1.35 bits per heavy atom. The SMILES string of the molecule is CCCCNC[C@H]1O[C@@H](n2ccc(N)nc2=O)C(F)(F)[C@@H]1O.CC[C@H]1O[C@@H](n2ccc(N)nc2=O)C(F)(F)[C@@H]1O. The molecule has 4 rings (SSSR count). The third-order valence-electron chi connectivity index (χ3n) is 6.42. The number of nitrogen functional groups attached to an aromatic ring is 2. The van der Waals surface area contributed by atoms with E-state index in [1.165, 1.54) is 12.1 Å². The smallest absolute Gasteiger partial charge is 0.351 e. The van der Waals surface area contributed by atoms with Crippen molar-refractivity contribution in [1.82, 2.24) is 24.4 Å². The van der Waals surface area contributed by atoms with Gasteiger partial charge >= 0.3 is 23.2 Å². The molecule has 0 amide bonds. The van der Waals surface area contributed by atoms with Crippen molar-refractivity contribution in [1.29, 1.82) is 0 Å². The fourth-order valence-corrected chi connectivity index (χ4v) is 4.19. The van der Waals surface area contributed by atoms with E-state index in [4.69, 9.17) is 20.9 Å². The number of anilines is 2. The Balaban J connectivity index is 0.000000225. The second-order valence-corrected chi connectivity index (χ2v) is 9.34. The molecule has 2 aromatic rings. The summed E-state index contributed by atoms with van der Waals surface area (Å²) in [5, 5.41) is 22.2. The standard InChI is InChI=1S/C13H20F2N4O3.C10H13F2N3O3/c1-2-3-5-17-7-8-10(20)13(14,15)11(22-8)19-6-4-9(16)18-12(19)21;1-2-5-7(16)10(11,12)8(18-5)15-4-3-6(13)14-9(15)17/h4,6,8,10-11,17,20H,2-3,5,7H2,1H3,(H2,16,18,21);3-5,7-8,16H,2H2,1H3,(H2,13,14,17)/t8-,10-,11-;5-,7-,8-/m11/s1. The van der Waals surface area contributed by atoms with Crippen LogP contribution in [0.25, 0.3) is 0 Å². The van der Waals surface area contributed by atoms with E-state index in [0.29, 0.717) is 15.7 Å². The lowest BCUT2D eigenvalue weighted by atomic mass is 10.1. The van der Waals surface area contributed by atoms with E-state index in [1.54, 1.807) is 6.92 Å².